The van der Waals surface area contributed by atoms with E-state index in [1.807, 2.05) is 6.07 Å². The van der Waals surface area contributed by atoms with Gasteiger partial charge in [0.2, 0.25) is 0 Å². The summed E-state index contributed by atoms with van der Waals surface area (Å²) in [6.45, 7) is 6.65. The monoisotopic (exact) mass is 413 g/mol. The number of ether oxygens (including phenoxy) is 1. The molecule has 1 amide bonds. The topological polar surface area (TPSA) is 65.9 Å². The summed E-state index contributed by atoms with van der Waals surface area (Å²) in [5.74, 6) is 0.875. The zero-order chi connectivity index (χ0) is 20.0. The van der Waals surface area contributed by atoms with Gasteiger partial charge < -0.3 is 9.84 Å². The van der Waals surface area contributed by atoms with Crippen molar-refractivity contribution in [3.8, 4) is 0 Å². The number of thiazole rings is 1. The Balaban J connectivity index is 1.36. The van der Waals surface area contributed by atoms with Crippen LogP contribution in [0.3, 0.4) is 0 Å². The first kappa shape index (κ1) is 19.0. The Hall–Kier alpha value is -1.96. The van der Waals surface area contributed by atoms with Gasteiger partial charge in [-0.05, 0) is 50.4 Å². The first-order valence-corrected chi connectivity index (χ1v) is 11.3. The van der Waals surface area contributed by atoms with Crippen molar-refractivity contribution < 1.29 is 14.6 Å². The lowest BCUT2D eigenvalue weighted by Crippen LogP contribution is -2.51. The molecular formula is C22H27N3O3S. The lowest BCUT2D eigenvalue weighted by molar-refractivity contribution is -0.0712. The molecule has 0 aliphatic carbocycles. The summed E-state index contributed by atoms with van der Waals surface area (Å²) in [5, 5.41) is 10.8. The zero-order valence-electron chi connectivity index (χ0n) is 16.7. The minimum Gasteiger partial charge on any atom is -0.465 e. The second-order valence-corrected chi connectivity index (χ2v) is 9.62. The third-order valence-corrected chi connectivity index (χ3v) is 7.64. The number of nitrogens with zero attached hydrogens (tertiary/aromatic N) is 3. The molecule has 3 aliphatic heterocycles. The van der Waals surface area contributed by atoms with E-state index in [9.17, 15) is 9.90 Å². The first-order chi connectivity index (χ1) is 14.1. The fraction of sp³-hybridized carbons (Fsp3) is 0.545. The summed E-state index contributed by atoms with van der Waals surface area (Å²) in [6, 6.07) is 6.83. The molecule has 1 aromatic heterocycles. The summed E-state index contributed by atoms with van der Waals surface area (Å²) in [5.41, 5.74) is 2.73. The molecule has 7 heteroatoms. The van der Waals surface area contributed by atoms with Crippen LogP contribution in [0.5, 0.6) is 0 Å². The van der Waals surface area contributed by atoms with Crippen LogP contribution in [0.4, 0.5) is 4.79 Å². The molecule has 1 atom stereocenters. The van der Waals surface area contributed by atoms with E-state index >= 15 is 0 Å². The lowest BCUT2D eigenvalue weighted by Gasteiger charge is -2.41. The number of hydrogen-bond acceptors (Lipinski definition) is 5. The second kappa shape index (κ2) is 7.70. The standard InChI is InChI=1S/C22H27N3O3S/c1-14-2-4-19(25(11-14)22(26)27)16-3-5-20-18(10-16)23-21(29-20)15-6-8-24(9-7-15)17-12-28-13-17/h3-5,10,14-15,17H,2,6-9,11-13H2,1H3,(H,26,27)/t14-/m0/s1. The molecule has 3 aliphatic rings. The predicted octanol–water partition coefficient (Wildman–Crippen LogP) is 4.24. The predicted molar refractivity (Wildman–Crippen MR) is 114 cm³/mol. The second-order valence-electron chi connectivity index (χ2n) is 8.56. The van der Waals surface area contributed by atoms with Crippen LogP contribution in [0.15, 0.2) is 24.3 Å². The quantitative estimate of drug-likeness (QED) is 0.815. The Morgan fingerprint density at radius 3 is 2.76 bits per heavy atom. The molecule has 2 fully saturated rings. The highest BCUT2D eigenvalue weighted by molar-refractivity contribution is 7.18. The molecule has 0 unspecified atom stereocenters. The van der Waals surface area contributed by atoms with E-state index in [2.05, 4.69) is 30.0 Å². The van der Waals surface area contributed by atoms with Gasteiger partial charge in [0, 0.05) is 18.0 Å². The maximum absolute atomic E-state index is 11.7. The van der Waals surface area contributed by atoms with E-state index in [1.54, 1.807) is 11.3 Å². The summed E-state index contributed by atoms with van der Waals surface area (Å²) in [4.78, 5) is 20.7. The van der Waals surface area contributed by atoms with E-state index in [-0.39, 0.29) is 0 Å². The van der Waals surface area contributed by atoms with Crippen molar-refractivity contribution in [1.29, 1.82) is 0 Å². The van der Waals surface area contributed by atoms with Crippen LogP contribution in [0, 0.1) is 5.92 Å². The fourth-order valence-electron chi connectivity index (χ4n) is 4.59. The average molecular weight is 414 g/mol. The van der Waals surface area contributed by atoms with Gasteiger partial charge in [0.1, 0.15) is 0 Å². The minimum absolute atomic E-state index is 0.349. The molecule has 154 valence electrons. The SMILES string of the molecule is C[C@H]1CC=C(c2ccc3sc(C4CCN(C5COC5)CC4)nc3c2)N(C(=O)O)C1. The number of hydrogen-bond donors (Lipinski definition) is 1. The number of carbonyl (C=O) groups is 1. The van der Waals surface area contributed by atoms with Crippen LogP contribution in [0.2, 0.25) is 0 Å². The van der Waals surface area contributed by atoms with Crippen molar-refractivity contribution >= 4 is 33.3 Å². The van der Waals surface area contributed by atoms with Crippen molar-refractivity contribution in [2.24, 2.45) is 5.92 Å². The minimum atomic E-state index is -0.884. The van der Waals surface area contributed by atoms with Crippen LogP contribution in [-0.4, -0.2) is 64.9 Å². The van der Waals surface area contributed by atoms with Gasteiger partial charge >= 0.3 is 6.09 Å². The molecule has 0 radical (unpaired) electrons. The number of benzene rings is 1. The Morgan fingerprint density at radius 2 is 2.07 bits per heavy atom. The maximum Gasteiger partial charge on any atom is 0.411 e. The van der Waals surface area contributed by atoms with Crippen molar-refractivity contribution in [2.75, 3.05) is 32.8 Å². The van der Waals surface area contributed by atoms with Gasteiger partial charge in [-0.2, -0.15) is 0 Å². The molecule has 29 heavy (non-hydrogen) atoms. The van der Waals surface area contributed by atoms with E-state index in [0.717, 1.165) is 62.3 Å². The molecule has 5 rings (SSSR count). The number of carboxylic acid groups (broad SMARTS) is 1. The zero-order valence-corrected chi connectivity index (χ0v) is 17.5. The summed E-state index contributed by atoms with van der Waals surface area (Å²) in [7, 11) is 0. The molecule has 1 N–H and O–H groups in total. The van der Waals surface area contributed by atoms with Crippen molar-refractivity contribution in [3.05, 3.63) is 34.8 Å². The summed E-state index contributed by atoms with van der Waals surface area (Å²) < 4.78 is 6.52. The average Bonchev–Trinajstić information content (AvgIpc) is 3.10. The number of amides is 1. The van der Waals surface area contributed by atoms with Gasteiger partial charge in [0.25, 0.3) is 0 Å². The number of likely N-dealkylation sites (tertiary alicyclic amines) is 1. The third kappa shape index (κ3) is 3.67. The molecule has 0 bridgehead atoms. The molecule has 1 aromatic carbocycles. The Morgan fingerprint density at radius 1 is 1.28 bits per heavy atom. The summed E-state index contributed by atoms with van der Waals surface area (Å²) in [6.07, 6.45) is 4.38. The molecule has 2 saturated heterocycles. The largest absolute Gasteiger partial charge is 0.465 e. The third-order valence-electron chi connectivity index (χ3n) is 6.45. The highest BCUT2D eigenvalue weighted by Crippen LogP contribution is 2.36. The van der Waals surface area contributed by atoms with Crippen LogP contribution in [-0.2, 0) is 4.74 Å². The number of allylic oxidation sites excluding steroid dienone is 1. The number of rotatable bonds is 3. The van der Waals surface area contributed by atoms with Crippen molar-refractivity contribution in [1.82, 2.24) is 14.8 Å². The normalized spacial score (nSPS) is 24.5. The lowest BCUT2D eigenvalue weighted by atomic mass is 9.96. The van der Waals surface area contributed by atoms with E-state index in [1.165, 1.54) is 14.6 Å². The van der Waals surface area contributed by atoms with Gasteiger partial charge in [0.05, 0.1) is 40.2 Å². The van der Waals surface area contributed by atoms with Crippen molar-refractivity contribution in [3.63, 3.8) is 0 Å². The molecule has 6 nitrogen and oxygen atoms in total. The first-order valence-electron chi connectivity index (χ1n) is 10.5. The van der Waals surface area contributed by atoms with E-state index in [0.29, 0.717) is 24.4 Å². The van der Waals surface area contributed by atoms with E-state index < -0.39 is 6.09 Å². The summed E-state index contributed by atoms with van der Waals surface area (Å²) >= 11 is 1.79. The van der Waals surface area contributed by atoms with Gasteiger partial charge in [0.15, 0.2) is 0 Å². The molecule has 0 saturated carbocycles. The molecule has 4 heterocycles. The van der Waals surface area contributed by atoms with Gasteiger partial charge in [-0.1, -0.05) is 19.1 Å². The fourth-order valence-corrected chi connectivity index (χ4v) is 5.70. The molecule has 2 aromatic rings. The number of fused-ring (bicyclic) bond motifs is 1. The van der Waals surface area contributed by atoms with E-state index in [4.69, 9.17) is 9.72 Å². The number of aromatic nitrogens is 1. The van der Waals surface area contributed by atoms with Gasteiger partial charge in [-0.15, -0.1) is 11.3 Å². The van der Waals surface area contributed by atoms with Crippen LogP contribution in [0.25, 0.3) is 15.9 Å². The highest BCUT2D eigenvalue weighted by atomic mass is 32.1. The molecule has 0 spiro atoms. The maximum atomic E-state index is 11.7. The van der Waals surface area contributed by atoms with Crippen LogP contribution >= 0.6 is 11.3 Å². The number of piperidine rings is 1. The molecular weight excluding hydrogens is 386 g/mol. The van der Waals surface area contributed by atoms with Gasteiger partial charge in [-0.3, -0.25) is 9.80 Å². The van der Waals surface area contributed by atoms with Crippen LogP contribution < -0.4 is 0 Å². The van der Waals surface area contributed by atoms with Crippen molar-refractivity contribution in [2.45, 2.75) is 38.1 Å². The van der Waals surface area contributed by atoms with Gasteiger partial charge in [-0.25, -0.2) is 9.78 Å². The Labute approximate surface area is 174 Å². The Bertz CT molecular complexity index is 944. The smallest absolute Gasteiger partial charge is 0.411 e. The highest BCUT2D eigenvalue weighted by Gasteiger charge is 2.31. The van der Waals surface area contributed by atoms with Crippen LogP contribution in [0.1, 0.15) is 42.7 Å². The Kier molecular flexibility index (Phi) is 5.05.